The first-order valence-corrected chi connectivity index (χ1v) is 38.4. The summed E-state index contributed by atoms with van der Waals surface area (Å²) < 4.78 is 37.8. The number of anilines is 2. The molecule has 9 aromatic rings. The lowest BCUT2D eigenvalue weighted by Crippen LogP contribution is -2.50. The van der Waals surface area contributed by atoms with Crippen LogP contribution in [0.2, 0.25) is 0 Å². The average Bonchev–Trinajstić information content (AvgIpc) is 0.974. The molecule has 24 heteroatoms. The van der Waals surface area contributed by atoms with E-state index in [1.165, 1.54) is 52.3 Å². The Morgan fingerprint density at radius 2 is 1.20 bits per heavy atom. The lowest BCUT2D eigenvalue weighted by molar-refractivity contribution is -0.132. The van der Waals surface area contributed by atoms with Gasteiger partial charge in [0.25, 0.3) is 5.91 Å². The van der Waals surface area contributed by atoms with E-state index in [0.717, 1.165) is 70.6 Å². The summed E-state index contributed by atoms with van der Waals surface area (Å²) in [5.74, 6) is -1.59. The van der Waals surface area contributed by atoms with Crippen LogP contribution in [0.4, 0.5) is 11.4 Å². The summed E-state index contributed by atoms with van der Waals surface area (Å²) >= 11 is 0. The standard InChI is InChI=1S/C83H97N11O12S/c1-8-89(9-2)64-33-39-70-75(50-64)106-76-51-65(90(10-3)11-4)34-40-71(76)80(70)68-22-17-18-23-69(68)83(103)92-46-44-91(45-47-92)79(100)42-41-77(98)84-43-19-13-16-24-78(99)86-72(48-58-25-29-62(30-26-58)81(101)61-20-14-12-15-21-61)82(102)85-52-63-54-94(88-87-63)73(49-59-27-35-66(96)36-28-59)74(97)55-93(53-56(5)6)107(104,105)67-37-31-60(32-38-67)57(7)95/h12,14-15,17-18,20-23,25-40,50-51,54,56,72-74,97H,8-11,13,16,19,24,41-49,52-53,55H2,1-7H3,(H3-,84,85,86,96,98,99,102)/p+1/t72-,73-,74?/m0/s1. The van der Waals surface area contributed by atoms with Crippen molar-refractivity contribution >= 4 is 84.4 Å². The summed E-state index contributed by atoms with van der Waals surface area (Å²) in [6.45, 7) is 18.1. The highest BCUT2D eigenvalue weighted by Crippen LogP contribution is 2.41. The second-order valence-corrected chi connectivity index (χ2v) is 29.3. The summed E-state index contributed by atoms with van der Waals surface area (Å²) in [6.07, 6.45) is 2.24. The fraction of sp³-hybridized carbons (Fsp3) is 0.373. The molecule has 3 heterocycles. The molecule has 10 rings (SSSR count). The molecule has 1 unspecified atom stereocenters. The second-order valence-electron chi connectivity index (χ2n) is 27.3. The molecule has 5 N–H and O–H groups in total. The first kappa shape index (κ1) is 78.9. The van der Waals surface area contributed by atoms with Gasteiger partial charge < -0.3 is 45.1 Å². The van der Waals surface area contributed by atoms with E-state index in [0.29, 0.717) is 78.8 Å². The van der Waals surface area contributed by atoms with E-state index in [-0.39, 0.29) is 116 Å². The summed E-state index contributed by atoms with van der Waals surface area (Å²) in [7, 11) is -4.18. The van der Waals surface area contributed by atoms with E-state index in [2.05, 4.69) is 99.2 Å². The molecule has 0 bridgehead atoms. The number of aliphatic imine (C=N–C) groups is 3. The molecule has 1 saturated heterocycles. The number of hydrogen-bond acceptors (Lipinski definition) is 15. The van der Waals surface area contributed by atoms with Gasteiger partial charge in [0.1, 0.15) is 17.5 Å². The van der Waals surface area contributed by atoms with Crippen LogP contribution in [0, 0.1) is 5.92 Å². The highest BCUT2D eigenvalue weighted by Gasteiger charge is 2.34. The average molecular weight is 1470 g/mol. The Morgan fingerprint density at radius 3 is 1.81 bits per heavy atom. The van der Waals surface area contributed by atoms with Gasteiger partial charge in [-0.25, -0.2) is 27.5 Å². The van der Waals surface area contributed by atoms with Crippen LogP contribution in [0.1, 0.15) is 146 Å². The van der Waals surface area contributed by atoms with Gasteiger partial charge in [-0.1, -0.05) is 123 Å². The van der Waals surface area contributed by atoms with Gasteiger partial charge in [0.15, 0.2) is 23.4 Å². The van der Waals surface area contributed by atoms with E-state index in [1.54, 1.807) is 76.7 Å². The molecule has 0 aliphatic carbocycles. The number of nitrogens with zero attached hydrogens (tertiary/aromatic N) is 11. The van der Waals surface area contributed by atoms with Crippen molar-refractivity contribution in [2.45, 2.75) is 129 Å². The fourth-order valence-corrected chi connectivity index (χ4v) is 15.1. The number of hydrogen-bond donors (Lipinski definition) is 5. The highest BCUT2D eigenvalue weighted by molar-refractivity contribution is 7.89. The number of aliphatic hydroxyl groups excluding tert-OH is 4. The number of sulfonamides is 1. The topological polar surface area (TPSA) is 299 Å². The molecule has 23 nitrogen and oxygen atoms in total. The van der Waals surface area contributed by atoms with Crippen LogP contribution in [-0.4, -0.2) is 188 Å². The van der Waals surface area contributed by atoms with Crippen molar-refractivity contribution in [2.75, 3.05) is 81.8 Å². The van der Waals surface area contributed by atoms with Crippen LogP contribution in [-0.2, 0) is 34.2 Å². The van der Waals surface area contributed by atoms with Crippen molar-refractivity contribution in [2.24, 2.45) is 20.9 Å². The summed E-state index contributed by atoms with van der Waals surface area (Å²) in [5.41, 5.74) is 8.81. The first-order valence-electron chi connectivity index (χ1n) is 36.9. The van der Waals surface area contributed by atoms with Crippen molar-refractivity contribution < 1.29 is 57.5 Å². The second kappa shape index (κ2) is 37.0. The molecule has 2 amide bonds. The van der Waals surface area contributed by atoms with Gasteiger partial charge in [-0.3, -0.25) is 24.2 Å². The molecule has 7 aromatic carbocycles. The monoisotopic (exact) mass is 1470 g/mol. The van der Waals surface area contributed by atoms with E-state index in [1.807, 2.05) is 44.2 Å². The van der Waals surface area contributed by atoms with E-state index < -0.39 is 34.1 Å². The van der Waals surface area contributed by atoms with Gasteiger partial charge in [0.05, 0.1) is 52.7 Å². The molecule has 1 fully saturated rings. The van der Waals surface area contributed by atoms with Crippen LogP contribution in [0.5, 0.6) is 5.75 Å². The number of rotatable bonds is 36. The number of aromatic nitrogens is 3. The fourth-order valence-electron chi connectivity index (χ4n) is 13.5. The van der Waals surface area contributed by atoms with Crippen LogP contribution in [0.15, 0.2) is 194 Å². The van der Waals surface area contributed by atoms with E-state index in [9.17, 15) is 53.1 Å². The SMILES string of the molecule is CCN(CC)c1ccc2c(-c3ccccc3C(=O)N3CCN(C(=O)CCC(O)=NCCCCCC(O)=N[C@@H](Cc4ccc(C(=O)c5ccccc5)cc4)C(O)=NCc4cn([C@@H](Cc5ccc(O)cc5)C(O)CN(CC(C)C)S(=O)(=O)c5ccc(C(C)=O)cc5)nn4)CC3)c3ccc(N(CC)CC)cc3[o+]c2c1. The van der Waals surface area contributed by atoms with Gasteiger partial charge in [-0.15, -0.1) is 5.10 Å². The number of ketones is 2. The van der Waals surface area contributed by atoms with Gasteiger partial charge in [0, 0.05) is 137 Å². The Labute approximate surface area is 625 Å². The molecule has 2 aromatic heterocycles. The number of carbonyl (C=O) groups excluding carboxylic acids is 4. The van der Waals surface area contributed by atoms with Gasteiger partial charge >= 0.3 is 11.2 Å². The lowest BCUT2D eigenvalue weighted by Gasteiger charge is -2.35. The minimum Gasteiger partial charge on any atom is -0.508 e. The number of phenols is 1. The number of aliphatic hydroxyl groups is 4. The Kier molecular flexibility index (Phi) is 27.3. The number of fused-ring (bicyclic) bond motifs is 2. The first-order chi connectivity index (χ1) is 51.5. The zero-order valence-electron chi connectivity index (χ0n) is 62.0. The quantitative estimate of drug-likeness (QED) is 0.00609. The smallest absolute Gasteiger partial charge is 0.363 e. The zero-order chi connectivity index (χ0) is 76.3. The predicted octanol–water partition coefficient (Wildman–Crippen LogP) is 13.8. The van der Waals surface area contributed by atoms with Crippen molar-refractivity contribution in [1.82, 2.24) is 29.1 Å². The third-order valence-corrected chi connectivity index (χ3v) is 21.3. The van der Waals surface area contributed by atoms with Crippen LogP contribution < -0.4 is 9.80 Å². The lowest BCUT2D eigenvalue weighted by atomic mass is 9.92. The van der Waals surface area contributed by atoms with Crippen LogP contribution in [0.3, 0.4) is 0 Å². The maximum absolute atomic E-state index is 14.7. The molecule has 1 aliphatic heterocycles. The van der Waals surface area contributed by atoms with Gasteiger partial charge in [-0.05, 0) is 131 Å². The zero-order valence-corrected chi connectivity index (χ0v) is 62.9. The van der Waals surface area contributed by atoms with Crippen molar-refractivity contribution in [3.8, 4) is 16.9 Å². The molecule has 107 heavy (non-hydrogen) atoms. The molecular weight excluding hydrogens is 1380 g/mol. The Hall–Kier alpha value is -10.7. The normalized spacial score (nSPS) is 14.1. The Balaban J connectivity index is 0.753. The number of benzene rings is 7. The number of Topliss-reactive ketones (excluding diaryl/α,β-unsaturated/α-hetero) is 1. The molecule has 0 saturated carbocycles. The molecule has 0 radical (unpaired) electrons. The number of piperazine rings is 1. The molecular formula is C83H98N11O12S+. The molecule has 1 aliphatic rings. The Bertz CT molecular complexity index is 4670. The largest absolute Gasteiger partial charge is 0.508 e. The number of unbranched alkanes of at least 4 members (excludes halogenated alkanes) is 2. The molecule has 3 atom stereocenters. The highest BCUT2D eigenvalue weighted by atomic mass is 32.2. The van der Waals surface area contributed by atoms with Crippen molar-refractivity contribution in [3.63, 3.8) is 0 Å². The maximum Gasteiger partial charge on any atom is 0.363 e. The predicted molar refractivity (Wildman–Crippen MR) is 420 cm³/mol. The van der Waals surface area contributed by atoms with Crippen LogP contribution in [0.25, 0.3) is 33.1 Å². The van der Waals surface area contributed by atoms with Gasteiger partial charge in [-0.2, -0.15) is 4.31 Å². The van der Waals surface area contributed by atoms with E-state index >= 15 is 0 Å². The number of amides is 2. The summed E-state index contributed by atoms with van der Waals surface area (Å²) in [6, 6.07) is 46.1. The minimum atomic E-state index is -4.18. The maximum atomic E-state index is 14.7. The minimum absolute atomic E-state index is 0.0311. The van der Waals surface area contributed by atoms with E-state index in [4.69, 9.17) is 4.42 Å². The van der Waals surface area contributed by atoms with Crippen LogP contribution >= 0.6 is 0 Å². The Morgan fingerprint density at radius 1 is 0.617 bits per heavy atom. The van der Waals surface area contributed by atoms with Gasteiger partial charge in [0.2, 0.25) is 21.8 Å². The summed E-state index contributed by atoms with van der Waals surface area (Å²) in [4.78, 5) is 75.0. The third-order valence-electron chi connectivity index (χ3n) is 19.5. The number of phenolic OH excluding ortho intramolecular Hbond substituents is 1. The molecule has 562 valence electrons. The summed E-state index contributed by atoms with van der Waals surface area (Å²) in [5, 5.41) is 66.6. The van der Waals surface area contributed by atoms with Crippen molar-refractivity contribution in [3.05, 3.63) is 209 Å². The molecule has 0 spiro atoms. The number of aromatic hydroxyl groups is 1. The third kappa shape index (κ3) is 20.3. The number of carbonyl (C=O) groups is 4. The van der Waals surface area contributed by atoms with Crippen molar-refractivity contribution in [1.29, 1.82) is 0 Å².